The highest BCUT2D eigenvalue weighted by atomic mass is 16.5. The fourth-order valence-electron chi connectivity index (χ4n) is 1.05. The molecule has 0 aliphatic carbocycles. The van der Waals surface area contributed by atoms with Crippen LogP contribution in [0.25, 0.3) is 0 Å². The number of amides is 3. The lowest BCUT2D eigenvalue weighted by Crippen LogP contribution is -2.43. The highest BCUT2D eigenvalue weighted by molar-refractivity contribution is 5.94. The number of nitrogens with two attached hydrogens (primary N) is 1. The van der Waals surface area contributed by atoms with Gasteiger partial charge in [0.05, 0.1) is 19.7 Å². The average molecular weight is 231 g/mol. The Labute approximate surface area is 93.9 Å². The van der Waals surface area contributed by atoms with Crippen molar-refractivity contribution in [2.45, 2.75) is 13.8 Å². The van der Waals surface area contributed by atoms with Crippen molar-refractivity contribution in [1.29, 1.82) is 0 Å². The maximum absolute atomic E-state index is 11.2. The second-order valence-electron chi connectivity index (χ2n) is 3.02. The second kappa shape index (κ2) is 7.63. The van der Waals surface area contributed by atoms with Crippen molar-refractivity contribution in [2.24, 2.45) is 5.73 Å². The zero-order chi connectivity index (χ0) is 12.6. The summed E-state index contributed by atoms with van der Waals surface area (Å²) in [6.07, 6.45) is 0. The van der Waals surface area contributed by atoms with E-state index in [9.17, 15) is 14.4 Å². The lowest BCUT2D eigenvalue weighted by atomic mass is 10.4. The number of nitrogens with one attached hydrogen (secondary N) is 1. The van der Waals surface area contributed by atoms with E-state index in [0.29, 0.717) is 13.2 Å². The second-order valence-corrected chi connectivity index (χ2v) is 3.02. The molecule has 0 radical (unpaired) electrons. The Kier molecular flexibility index (Phi) is 6.86. The number of imide groups is 1. The number of likely N-dealkylation sites (N-methyl/N-ethyl adjacent to an activating group) is 1. The van der Waals surface area contributed by atoms with Gasteiger partial charge in [-0.1, -0.05) is 6.92 Å². The van der Waals surface area contributed by atoms with Crippen LogP contribution < -0.4 is 11.1 Å². The summed E-state index contributed by atoms with van der Waals surface area (Å²) in [6, 6.07) is -0.905. The van der Waals surface area contributed by atoms with Gasteiger partial charge in [0.25, 0.3) is 0 Å². The van der Waals surface area contributed by atoms with Crippen LogP contribution in [0.5, 0.6) is 0 Å². The van der Waals surface area contributed by atoms with Gasteiger partial charge in [0.15, 0.2) is 0 Å². The molecule has 0 atom stereocenters. The number of rotatable bonds is 6. The van der Waals surface area contributed by atoms with Gasteiger partial charge >= 0.3 is 12.0 Å². The molecule has 0 aromatic carbocycles. The number of urea groups is 1. The number of hydrogen-bond acceptors (Lipinski definition) is 5. The van der Waals surface area contributed by atoms with Crippen LogP contribution in [0, 0.1) is 0 Å². The molecule has 0 heterocycles. The number of nitrogens with zero attached hydrogens (tertiary/aromatic N) is 1. The molecule has 0 saturated carbocycles. The van der Waals surface area contributed by atoms with E-state index in [2.05, 4.69) is 0 Å². The minimum Gasteiger partial charge on any atom is -0.465 e. The number of carbonyl (C=O) groups excluding carboxylic acids is 3. The fraction of sp³-hybridized carbons (Fsp3) is 0.667. The largest absolute Gasteiger partial charge is 0.465 e. The van der Waals surface area contributed by atoms with Crippen LogP contribution in [0.3, 0.4) is 0 Å². The Bertz CT molecular complexity index is 267. The van der Waals surface area contributed by atoms with E-state index >= 15 is 0 Å². The van der Waals surface area contributed by atoms with Gasteiger partial charge in [-0.3, -0.25) is 19.8 Å². The molecule has 0 spiro atoms. The maximum atomic E-state index is 11.2. The molecule has 0 rings (SSSR count). The summed E-state index contributed by atoms with van der Waals surface area (Å²) < 4.78 is 4.73. The summed E-state index contributed by atoms with van der Waals surface area (Å²) in [5.41, 5.74) is 4.78. The summed E-state index contributed by atoms with van der Waals surface area (Å²) in [6.45, 7) is 4.22. The van der Waals surface area contributed by atoms with E-state index in [1.807, 2.05) is 5.32 Å². The molecule has 7 heteroatoms. The third kappa shape index (κ3) is 6.77. The standard InChI is InChI=1S/C9H17N3O4/c1-3-12(6-8(14)16-4-2)5-7(13)11-9(10)15/h3-6H2,1-2H3,(H3,10,11,13,15). The van der Waals surface area contributed by atoms with Gasteiger partial charge in [0.2, 0.25) is 5.91 Å². The highest BCUT2D eigenvalue weighted by Crippen LogP contribution is 1.90. The smallest absolute Gasteiger partial charge is 0.320 e. The van der Waals surface area contributed by atoms with Crippen LogP contribution in [0.2, 0.25) is 0 Å². The molecule has 0 unspecified atom stereocenters. The summed E-state index contributed by atoms with van der Waals surface area (Å²) in [7, 11) is 0. The normalized spacial score (nSPS) is 9.94. The number of hydrogen-bond donors (Lipinski definition) is 2. The summed E-state index contributed by atoms with van der Waals surface area (Å²) in [5, 5.41) is 1.92. The Hall–Kier alpha value is -1.63. The number of ether oxygens (including phenoxy) is 1. The first-order chi connectivity index (χ1) is 7.49. The van der Waals surface area contributed by atoms with Gasteiger partial charge in [-0.2, -0.15) is 0 Å². The van der Waals surface area contributed by atoms with E-state index in [-0.39, 0.29) is 13.1 Å². The first-order valence-electron chi connectivity index (χ1n) is 4.96. The van der Waals surface area contributed by atoms with E-state index in [1.54, 1.807) is 13.8 Å². The summed E-state index contributed by atoms with van der Waals surface area (Å²) in [5.74, 6) is -0.949. The van der Waals surface area contributed by atoms with Crippen LogP contribution in [0.1, 0.15) is 13.8 Å². The third-order valence-corrected chi connectivity index (χ3v) is 1.74. The van der Waals surface area contributed by atoms with Crippen molar-refractivity contribution in [3.05, 3.63) is 0 Å². The lowest BCUT2D eigenvalue weighted by Gasteiger charge is -2.17. The minimum absolute atomic E-state index is 0.0104. The van der Waals surface area contributed by atoms with E-state index < -0.39 is 17.9 Å². The molecule has 3 N–H and O–H groups in total. The van der Waals surface area contributed by atoms with Gasteiger partial charge in [0, 0.05) is 0 Å². The van der Waals surface area contributed by atoms with Gasteiger partial charge in [-0.05, 0) is 13.5 Å². The summed E-state index contributed by atoms with van der Waals surface area (Å²) >= 11 is 0. The van der Waals surface area contributed by atoms with Crippen LogP contribution in [-0.2, 0) is 14.3 Å². The van der Waals surface area contributed by atoms with Gasteiger partial charge in [0.1, 0.15) is 0 Å². The average Bonchev–Trinajstić information content (AvgIpc) is 2.15. The van der Waals surface area contributed by atoms with Crippen molar-refractivity contribution in [2.75, 3.05) is 26.2 Å². The maximum Gasteiger partial charge on any atom is 0.320 e. The molecule has 7 nitrogen and oxygen atoms in total. The molecule has 0 aromatic rings. The third-order valence-electron chi connectivity index (χ3n) is 1.74. The van der Waals surface area contributed by atoms with Crippen LogP contribution >= 0.6 is 0 Å². The van der Waals surface area contributed by atoms with Crippen molar-refractivity contribution in [1.82, 2.24) is 10.2 Å². The summed E-state index contributed by atoms with van der Waals surface area (Å²) in [4.78, 5) is 34.2. The first-order valence-corrected chi connectivity index (χ1v) is 4.96. The van der Waals surface area contributed by atoms with Crippen molar-refractivity contribution < 1.29 is 19.1 Å². The molecule has 3 amide bonds. The number of primary amides is 1. The molecular formula is C9H17N3O4. The SMILES string of the molecule is CCOC(=O)CN(CC)CC(=O)NC(N)=O. The Morgan fingerprint density at radius 2 is 1.88 bits per heavy atom. The molecule has 0 aliphatic rings. The van der Waals surface area contributed by atoms with Crippen LogP contribution in [0.4, 0.5) is 4.79 Å². The number of carbonyl (C=O) groups is 3. The molecule has 0 aromatic heterocycles. The number of esters is 1. The Morgan fingerprint density at radius 3 is 2.31 bits per heavy atom. The van der Waals surface area contributed by atoms with E-state index in [0.717, 1.165) is 0 Å². The van der Waals surface area contributed by atoms with Gasteiger partial charge in [-0.25, -0.2) is 4.79 Å². The predicted molar refractivity (Wildman–Crippen MR) is 56.5 cm³/mol. The van der Waals surface area contributed by atoms with E-state index in [1.165, 1.54) is 4.90 Å². The first kappa shape index (κ1) is 14.4. The highest BCUT2D eigenvalue weighted by Gasteiger charge is 2.14. The van der Waals surface area contributed by atoms with E-state index in [4.69, 9.17) is 10.5 Å². The van der Waals surface area contributed by atoms with Crippen molar-refractivity contribution in [3.8, 4) is 0 Å². The predicted octanol–water partition coefficient (Wildman–Crippen LogP) is -0.934. The molecule has 16 heavy (non-hydrogen) atoms. The van der Waals surface area contributed by atoms with Gasteiger partial charge in [-0.15, -0.1) is 0 Å². The Balaban J connectivity index is 4.04. The quantitative estimate of drug-likeness (QED) is 0.575. The van der Waals surface area contributed by atoms with Crippen LogP contribution in [0.15, 0.2) is 0 Å². The van der Waals surface area contributed by atoms with Crippen molar-refractivity contribution >= 4 is 17.9 Å². The molecule has 0 aliphatic heterocycles. The van der Waals surface area contributed by atoms with Crippen LogP contribution in [-0.4, -0.2) is 49.0 Å². The van der Waals surface area contributed by atoms with Crippen molar-refractivity contribution in [3.63, 3.8) is 0 Å². The zero-order valence-corrected chi connectivity index (χ0v) is 9.49. The zero-order valence-electron chi connectivity index (χ0n) is 9.49. The monoisotopic (exact) mass is 231 g/mol. The molecule has 0 saturated heterocycles. The molecule has 92 valence electrons. The Morgan fingerprint density at radius 1 is 1.25 bits per heavy atom. The van der Waals surface area contributed by atoms with Gasteiger partial charge < -0.3 is 10.5 Å². The fourth-order valence-corrected chi connectivity index (χ4v) is 1.05. The molecule has 0 fully saturated rings. The lowest BCUT2D eigenvalue weighted by molar-refractivity contribution is -0.144. The molecular weight excluding hydrogens is 214 g/mol. The molecule has 0 bridgehead atoms. The topological polar surface area (TPSA) is 102 Å². The minimum atomic E-state index is -0.905.